The Labute approximate surface area is 61.8 Å². The summed E-state index contributed by atoms with van der Waals surface area (Å²) in [6, 6.07) is 0. The molecule has 0 radical (unpaired) electrons. The molecule has 0 amide bonds. The van der Waals surface area contributed by atoms with E-state index in [4.69, 9.17) is 5.11 Å². The molecule has 1 rings (SSSR count). The van der Waals surface area contributed by atoms with Crippen LogP contribution in [-0.2, 0) is 0 Å². The zero-order chi connectivity index (χ0) is 10.2. The van der Waals surface area contributed by atoms with Crippen molar-refractivity contribution in [3.05, 3.63) is 0 Å². The van der Waals surface area contributed by atoms with E-state index >= 15 is 0 Å². The molecule has 12 heavy (non-hydrogen) atoms. The van der Waals surface area contributed by atoms with Crippen LogP contribution in [0.5, 0.6) is 0 Å². The lowest BCUT2D eigenvalue weighted by atomic mass is 10.8. The highest BCUT2D eigenvalue weighted by atomic mass is 19.3. The zero-order valence-electron chi connectivity index (χ0n) is 5.25. The third kappa shape index (κ3) is 1.99. The van der Waals surface area contributed by atoms with Gasteiger partial charge in [0.25, 0.3) is 0 Å². The van der Waals surface area contributed by atoms with Crippen LogP contribution >= 0.6 is 0 Å². The number of alkyl halides is 7. The smallest absolute Gasteiger partial charge is 0.339 e. The summed E-state index contributed by atoms with van der Waals surface area (Å²) in [5, 5.41) is 6.72. The Morgan fingerprint density at radius 2 is 1.08 bits per heavy atom. The van der Waals surface area contributed by atoms with Gasteiger partial charge in [-0.1, -0.05) is 0 Å². The van der Waals surface area contributed by atoms with Gasteiger partial charge in [0.2, 0.25) is 6.17 Å². The second kappa shape index (κ2) is 3.08. The molecule has 1 N–H and O–H groups in total. The standard InChI is InChI=1S/C3HF5.CH2F2O/c4-1-2(5,6)3(1,7)8;2-1(3)4/h1H;1,4H. The first-order valence-electron chi connectivity index (χ1n) is 2.50. The monoisotopic (exact) mass is 200 g/mol. The SMILES string of the molecule is FC1C(F)(F)C1(F)F.OC(F)F. The highest BCUT2D eigenvalue weighted by molar-refractivity contribution is 5.15. The van der Waals surface area contributed by atoms with Crippen LogP contribution in [-0.4, -0.2) is 29.7 Å². The van der Waals surface area contributed by atoms with Crippen molar-refractivity contribution in [2.75, 3.05) is 0 Å². The van der Waals surface area contributed by atoms with E-state index in [0.29, 0.717) is 0 Å². The number of hydrogen-bond donors (Lipinski definition) is 1. The minimum Gasteiger partial charge on any atom is -0.339 e. The topological polar surface area (TPSA) is 20.2 Å². The Kier molecular flexibility index (Phi) is 2.94. The maximum absolute atomic E-state index is 11.2. The molecule has 0 atom stereocenters. The third-order valence-corrected chi connectivity index (χ3v) is 0.998. The van der Waals surface area contributed by atoms with E-state index in [2.05, 4.69) is 0 Å². The Morgan fingerprint density at radius 1 is 1.00 bits per heavy atom. The first-order valence-corrected chi connectivity index (χ1v) is 2.50. The summed E-state index contributed by atoms with van der Waals surface area (Å²) < 4.78 is 75.7. The minimum absolute atomic E-state index is 3.17. The number of aliphatic hydroxyl groups is 1. The van der Waals surface area contributed by atoms with Crippen molar-refractivity contribution in [1.29, 1.82) is 0 Å². The van der Waals surface area contributed by atoms with E-state index in [-0.39, 0.29) is 0 Å². The predicted octanol–water partition coefficient (Wildman–Crippen LogP) is 1.81. The summed E-state index contributed by atoms with van der Waals surface area (Å²) in [6.07, 6.45) is -3.25. The van der Waals surface area contributed by atoms with Gasteiger partial charge in [0.15, 0.2) is 0 Å². The van der Waals surface area contributed by atoms with Crippen LogP contribution in [0.15, 0.2) is 0 Å². The van der Waals surface area contributed by atoms with Gasteiger partial charge in [-0.15, -0.1) is 0 Å². The second-order valence-corrected chi connectivity index (χ2v) is 1.89. The van der Waals surface area contributed by atoms with Crippen molar-refractivity contribution in [1.82, 2.24) is 0 Å². The zero-order valence-corrected chi connectivity index (χ0v) is 5.25. The maximum atomic E-state index is 11.2. The molecule has 74 valence electrons. The number of rotatable bonds is 0. The normalized spacial score (nSPS) is 24.8. The van der Waals surface area contributed by atoms with Crippen molar-refractivity contribution in [3.8, 4) is 0 Å². The third-order valence-electron chi connectivity index (χ3n) is 0.998. The van der Waals surface area contributed by atoms with Gasteiger partial charge in [0, 0.05) is 0 Å². The Morgan fingerprint density at radius 3 is 1.08 bits per heavy atom. The fourth-order valence-corrected chi connectivity index (χ4v) is 0.306. The molecule has 0 aromatic rings. The molecule has 0 saturated heterocycles. The molecule has 1 aliphatic rings. The first-order chi connectivity index (χ1) is 5.14. The van der Waals surface area contributed by atoms with Crippen LogP contribution in [0.1, 0.15) is 0 Å². The van der Waals surface area contributed by atoms with Gasteiger partial charge in [-0.2, -0.15) is 26.3 Å². The van der Waals surface area contributed by atoms with Gasteiger partial charge in [-0.3, -0.25) is 0 Å². The molecule has 1 fully saturated rings. The minimum atomic E-state index is -4.40. The van der Waals surface area contributed by atoms with Crippen molar-refractivity contribution in [3.63, 3.8) is 0 Å². The van der Waals surface area contributed by atoms with Crippen molar-refractivity contribution in [2.45, 2.75) is 24.6 Å². The maximum Gasteiger partial charge on any atom is 0.350 e. The average molecular weight is 200 g/mol. The highest BCUT2D eigenvalue weighted by Crippen LogP contribution is 2.58. The van der Waals surface area contributed by atoms with E-state index in [9.17, 15) is 30.7 Å². The van der Waals surface area contributed by atoms with Crippen LogP contribution in [0.4, 0.5) is 30.7 Å². The summed E-state index contributed by atoms with van der Waals surface area (Å²) in [4.78, 5) is 0. The highest BCUT2D eigenvalue weighted by Gasteiger charge is 2.87. The lowest BCUT2D eigenvalue weighted by Crippen LogP contribution is -2.02. The molecule has 0 bridgehead atoms. The number of hydrogen-bond acceptors (Lipinski definition) is 1. The lowest BCUT2D eigenvalue weighted by molar-refractivity contribution is -0.0728. The molecule has 0 aliphatic heterocycles. The Hall–Kier alpha value is -0.530. The fourth-order valence-electron chi connectivity index (χ4n) is 0.306. The summed E-state index contributed by atoms with van der Waals surface area (Å²) in [5.74, 6) is -8.79. The molecule has 0 aromatic carbocycles. The van der Waals surface area contributed by atoms with Gasteiger partial charge in [0.1, 0.15) is 0 Å². The van der Waals surface area contributed by atoms with Crippen molar-refractivity contribution in [2.24, 2.45) is 0 Å². The largest absolute Gasteiger partial charge is 0.350 e. The number of halogens is 7. The average Bonchev–Trinajstić information content (AvgIpc) is 2.12. The number of aliphatic hydroxyl groups excluding tert-OH is 1. The molecule has 0 spiro atoms. The summed E-state index contributed by atoms with van der Waals surface area (Å²) in [7, 11) is 0. The van der Waals surface area contributed by atoms with E-state index in [1.54, 1.807) is 0 Å². The van der Waals surface area contributed by atoms with E-state index in [1.807, 2.05) is 0 Å². The van der Waals surface area contributed by atoms with Gasteiger partial charge in [-0.25, -0.2) is 4.39 Å². The Balaban J connectivity index is 0.000000261. The Bertz CT molecular complexity index is 139. The molecular formula is C4H3F7O. The molecular weight excluding hydrogens is 197 g/mol. The molecule has 1 aliphatic carbocycles. The fraction of sp³-hybridized carbons (Fsp3) is 1.00. The van der Waals surface area contributed by atoms with Crippen LogP contribution < -0.4 is 0 Å². The molecule has 0 heterocycles. The van der Waals surface area contributed by atoms with Gasteiger partial charge in [-0.05, 0) is 0 Å². The quantitative estimate of drug-likeness (QED) is 0.591. The van der Waals surface area contributed by atoms with Crippen LogP contribution in [0.25, 0.3) is 0 Å². The van der Waals surface area contributed by atoms with Crippen LogP contribution in [0, 0.1) is 0 Å². The summed E-state index contributed by atoms with van der Waals surface area (Å²) in [5.41, 5.74) is 0. The summed E-state index contributed by atoms with van der Waals surface area (Å²) in [6.45, 7) is -3.17. The van der Waals surface area contributed by atoms with E-state index in [0.717, 1.165) is 0 Å². The van der Waals surface area contributed by atoms with Gasteiger partial charge in [0.05, 0.1) is 0 Å². The molecule has 1 nitrogen and oxygen atoms in total. The van der Waals surface area contributed by atoms with E-state index in [1.165, 1.54) is 0 Å². The van der Waals surface area contributed by atoms with Crippen LogP contribution in [0.3, 0.4) is 0 Å². The molecule has 0 unspecified atom stereocenters. The van der Waals surface area contributed by atoms with Crippen LogP contribution in [0.2, 0.25) is 0 Å². The lowest BCUT2D eigenvalue weighted by Gasteiger charge is -1.85. The summed E-state index contributed by atoms with van der Waals surface area (Å²) >= 11 is 0. The molecule has 8 heteroatoms. The van der Waals surface area contributed by atoms with Gasteiger partial charge < -0.3 is 5.11 Å². The van der Waals surface area contributed by atoms with Crippen molar-refractivity contribution >= 4 is 0 Å². The second-order valence-electron chi connectivity index (χ2n) is 1.89. The first kappa shape index (κ1) is 11.5. The van der Waals surface area contributed by atoms with E-state index < -0.39 is 24.6 Å². The van der Waals surface area contributed by atoms with Crippen molar-refractivity contribution < 1.29 is 35.8 Å². The predicted molar refractivity (Wildman–Crippen MR) is 23.0 cm³/mol. The molecule has 0 aromatic heterocycles. The molecule has 1 saturated carbocycles. The van der Waals surface area contributed by atoms with Gasteiger partial charge >= 0.3 is 18.5 Å².